The maximum Gasteiger partial charge on any atom is -0.0287 e. The molecule has 0 atom stereocenters. The summed E-state index contributed by atoms with van der Waals surface area (Å²) in [5, 5.41) is 0. The second-order valence-electron chi connectivity index (χ2n) is 4.17. The maximum atomic E-state index is 8.22. The van der Waals surface area contributed by atoms with Gasteiger partial charge in [0.15, 0.2) is 8.32 Å². The predicted octanol–water partition coefficient (Wildman–Crippen LogP) is 3.64. The molecule has 0 aromatic carbocycles. The van der Waals surface area contributed by atoms with Gasteiger partial charge in [-0.1, -0.05) is 27.2 Å². The Hall–Kier alpha value is 2.03. The first kappa shape index (κ1) is 27.9. The maximum absolute atomic E-state index is 8.22. The second-order valence-corrected chi connectivity index (χ2v) is 11.4. The van der Waals surface area contributed by atoms with Crippen LogP contribution < -0.4 is 0 Å². The van der Waals surface area contributed by atoms with E-state index >= 15 is 0 Å². The van der Waals surface area contributed by atoms with E-state index in [0.717, 1.165) is 60.6 Å². The van der Waals surface area contributed by atoms with E-state index in [1.54, 1.807) is 0 Å². The molecule has 0 aliphatic rings. The van der Waals surface area contributed by atoms with E-state index in [-0.39, 0.29) is 0 Å². The Labute approximate surface area is 164 Å². The molecule has 0 spiro atoms. The zero-order valence-corrected chi connectivity index (χ0v) is 19.5. The topological polar surface area (TPSA) is 26.3 Å². The second kappa shape index (κ2) is 24.3. The van der Waals surface area contributed by atoms with Crippen LogP contribution in [0.1, 0.15) is 27.2 Å². The molecule has 0 aliphatic carbocycles. The van der Waals surface area contributed by atoms with Gasteiger partial charge in [-0.2, -0.15) is 29.0 Å². The molecule has 128 valence electrons. The third kappa shape index (κ3) is 20.0. The van der Waals surface area contributed by atoms with Gasteiger partial charge in [0.2, 0.25) is 0 Å². The average Bonchev–Trinajstić information content (AvgIpc) is 2.55. The molecule has 0 saturated heterocycles. The molecule has 0 bridgehead atoms. The minimum Gasteiger partial charge on any atom is -0.792 e. The van der Waals surface area contributed by atoms with Crippen molar-refractivity contribution in [3.8, 4) is 0 Å². The molecule has 0 aromatic rings. The Bertz CT molecular complexity index is 177. The minimum absolute atomic E-state index is 0.835. The first-order chi connectivity index (χ1) is 10.2. The Morgan fingerprint density at radius 2 is 1.33 bits per heavy atom. The minimum atomic E-state index is -1.30. The Kier molecular flexibility index (Phi) is 32.2. The molecule has 0 unspecified atom stereocenters. The van der Waals surface area contributed by atoms with Crippen molar-refractivity contribution in [2.45, 2.75) is 45.3 Å². The summed E-state index contributed by atoms with van der Waals surface area (Å²) in [4.78, 5) is 0. The Balaban J connectivity index is -0.000000307. The van der Waals surface area contributed by atoms with Gasteiger partial charge in [0.1, 0.15) is 0 Å². The molecule has 0 heterocycles. The van der Waals surface area contributed by atoms with Crippen LogP contribution in [0, 0.1) is 0 Å². The zero-order chi connectivity index (χ0) is 17.0. The molecule has 0 N–H and O–H groups in total. The van der Waals surface area contributed by atoms with Gasteiger partial charge in [0.25, 0.3) is 0 Å². The van der Waals surface area contributed by atoms with Crippen LogP contribution in [0.25, 0.3) is 0 Å². The molecule has 0 rings (SSSR count). The van der Waals surface area contributed by atoms with Crippen LogP contribution >= 0.6 is 11.8 Å². The van der Waals surface area contributed by atoms with Crippen LogP contribution in [0.4, 0.5) is 0 Å². The van der Waals surface area contributed by atoms with Crippen molar-refractivity contribution in [2.75, 3.05) is 35.4 Å². The number of rotatable bonds is 11. The molecule has 0 aromatic heterocycles. The summed E-state index contributed by atoms with van der Waals surface area (Å²) < 4.78 is 14.2. The summed E-state index contributed by atoms with van der Waals surface area (Å²) in [5.41, 5.74) is 0. The molecular formula is C13H29O2S4SiTc. The molecule has 0 fully saturated rings. The van der Waals surface area contributed by atoms with E-state index in [4.69, 9.17) is 45.8 Å². The van der Waals surface area contributed by atoms with Gasteiger partial charge >= 0.3 is 22.4 Å². The fourth-order valence-electron chi connectivity index (χ4n) is 1.62. The van der Waals surface area contributed by atoms with Crippen LogP contribution in [0.3, 0.4) is 0 Å². The van der Waals surface area contributed by atoms with Crippen molar-refractivity contribution in [3.05, 3.63) is 0 Å². The van der Waals surface area contributed by atoms with Gasteiger partial charge in [0, 0.05) is 6.61 Å². The van der Waals surface area contributed by atoms with Crippen LogP contribution in [-0.2, 0) is 64.7 Å². The van der Waals surface area contributed by atoms with E-state index in [1.165, 1.54) is 18.1 Å². The Morgan fingerprint density at radius 1 is 0.905 bits per heavy atom. The summed E-state index contributed by atoms with van der Waals surface area (Å²) in [6, 6.07) is 3.74. The Morgan fingerprint density at radius 3 is 1.62 bits per heavy atom. The first-order valence-corrected chi connectivity index (χ1v) is 13.4. The number of hydrogen-bond acceptors (Lipinski definition) is 6. The third-order valence-corrected chi connectivity index (χ3v) is 9.97. The quantitative estimate of drug-likeness (QED) is 0.259. The van der Waals surface area contributed by atoms with Crippen LogP contribution in [0.15, 0.2) is 0 Å². The summed E-state index contributed by atoms with van der Waals surface area (Å²) in [6.45, 7) is 7.66. The van der Waals surface area contributed by atoms with Gasteiger partial charge in [0.05, 0.1) is 0 Å². The molecule has 0 saturated carbocycles. The summed E-state index contributed by atoms with van der Waals surface area (Å²) in [5.74, 6) is 4.74. The van der Waals surface area contributed by atoms with Crippen molar-refractivity contribution in [3.63, 3.8) is 0 Å². The SMILES string of the molecule is CC[Si](CC)(CC)OCCC[S-].[O]=[99Tc+3].[S-]CCSCC[S-]. The molecule has 0 aliphatic heterocycles. The van der Waals surface area contributed by atoms with Gasteiger partial charge in [-0.05, 0) is 29.6 Å². The normalized spacial score (nSPS) is 10.1. The zero-order valence-electron chi connectivity index (χ0n) is 13.4. The summed E-state index contributed by atoms with van der Waals surface area (Å²) >= 11 is 17.1. The molecule has 0 radical (unpaired) electrons. The monoisotopic (exact) mass is 472 g/mol. The van der Waals surface area contributed by atoms with Gasteiger partial charge in [-0.25, -0.2) is 0 Å². The van der Waals surface area contributed by atoms with Crippen molar-refractivity contribution in [2.24, 2.45) is 0 Å². The van der Waals surface area contributed by atoms with Crippen molar-refractivity contribution in [1.82, 2.24) is 0 Å². The fraction of sp³-hybridized carbons (Fsp3) is 1.00. The summed E-state index contributed by atoms with van der Waals surface area (Å²) in [7, 11) is -1.30. The average molecular weight is 473 g/mol. The van der Waals surface area contributed by atoms with Gasteiger partial charge in [-0.15, -0.1) is 0 Å². The molecule has 21 heavy (non-hydrogen) atoms. The van der Waals surface area contributed by atoms with Crippen LogP contribution in [0.2, 0.25) is 18.1 Å². The number of thioether (sulfide) groups is 1. The van der Waals surface area contributed by atoms with Crippen molar-refractivity contribution >= 4 is 58.0 Å². The van der Waals surface area contributed by atoms with E-state index in [0.29, 0.717) is 0 Å². The van der Waals surface area contributed by atoms with Crippen molar-refractivity contribution in [1.29, 1.82) is 0 Å². The fourth-order valence-corrected chi connectivity index (χ4v) is 5.58. The summed E-state index contributed by atoms with van der Waals surface area (Å²) in [6.07, 6.45) is 1.05. The number of hydrogen-bond donors (Lipinski definition) is 0. The van der Waals surface area contributed by atoms with Gasteiger partial charge in [-0.3, -0.25) is 0 Å². The predicted molar refractivity (Wildman–Crippen MR) is 102 cm³/mol. The molecule has 2 nitrogen and oxygen atoms in total. The molecule has 8 heteroatoms. The van der Waals surface area contributed by atoms with E-state index in [9.17, 15) is 0 Å². The largest absolute Gasteiger partial charge is 0.792 e. The van der Waals surface area contributed by atoms with E-state index < -0.39 is 8.32 Å². The van der Waals surface area contributed by atoms with Crippen LogP contribution in [0.5, 0.6) is 0 Å². The standard InChI is InChI=1S/C9H22OSSi.C4H10S3.O.Tc/c1-4-12(5-2,6-3)10-8-7-9-11;5-1-3-7-4-2-6;;/h11H,4-9H2,1-3H3;5-6H,1-4H2;;/q;;;+3/p-3/i;;;1+1. The van der Waals surface area contributed by atoms with Crippen molar-refractivity contribution < 1.29 is 26.8 Å². The molecule has 0 amide bonds. The van der Waals surface area contributed by atoms with Gasteiger partial charge < -0.3 is 42.3 Å². The van der Waals surface area contributed by atoms with E-state index in [2.05, 4.69) is 20.8 Å². The first-order valence-electron chi connectivity index (χ1n) is 7.27. The third-order valence-electron chi connectivity index (χ3n) is 3.09. The smallest absolute Gasteiger partial charge is 0.0287 e. The molecular weight excluding hydrogens is 443 g/mol. The van der Waals surface area contributed by atoms with Crippen LogP contribution in [-0.4, -0.2) is 43.7 Å². The van der Waals surface area contributed by atoms with E-state index in [1.807, 2.05) is 11.8 Å².